The largest absolute Gasteiger partial charge is 0.417 e. The van der Waals surface area contributed by atoms with Crippen LogP contribution in [0, 0.1) is 0 Å². The summed E-state index contributed by atoms with van der Waals surface area (Å²) in [7, 11) is 0. The fourth-order valence-corrected chi connectivity index (χ4v) is 5.56. The normalized spacial score (nSPS) is 15.5. The zero-order chi connectivity index (χ0) is 27.7. The third-order valence-corrected chi connectivity index (χ3v) is 7.77. The van der Waals surface area contributed by atoms with Crippen molar-refractivity contribution >= 4 is 39.0 Å². The number of halogens is 3. The van der Waals surface area contributed by atoms with Gasteiger partial charge in [-0.15, -0.1) is 11.3 Å². The molecule has 5 rings (SSSR count). The Balaban J connectivity index is 1.22. The maximum atomic E-state index is 13.9. The molecule has 1 saturated heterocycles. The molecular formula is C25H25F3N8O2S. The van der Waals surface area contributed by atoms with Crippen molar-refractivity contribution < 1.29 is 23.1 Å². The molecule has 5 heterocycles. The van der Waals surface area contributed by atoms with Gasteiger partial charge in [-0.25, -0.2) is 15.0 Å². The van der Waals surface area contributed by atoms with E-state index in [1.165, 1.54) is 6.33 Å². The minimum atomic E-state index is -4.68. The number of carbonyl (C=O) groups excluding carboxylic acids is 1. The average Bonchev–Trinajstić information content (AvgIpc) is 3.28. The number of thiophene rings is 1. The number of nitrogen functional groups attached to an aromatic ring is 1. The summed E-state index contributed by atoms with van der Waals surface area (Å²) in [6, 6.07) is 4.63. The molecule has 0 saturated carbocycles. The number of amides is 1. The van der Waals surface area contributed by atoms with E-state index in [0.29, 0.717) is 43.7 Å². The standard InChI is InChI=1S/C25H25F3N8O2S/c26-25(27,28)16-7-19(35-24-20(16)21(29)22(39-24)23(30)38)36-5-3-15(4-6-36)33-11-18(37)13-1-2-17(34-10-13)14-8-31-12-32-9-14/h1-2,7-10,12,15,18,33,37H,3-6,11,29H2,(H2,30,38). The molecular weight excluding hydrogens is 533 g/mol. The van der Waals surface area contributed by atoms with Crippen molar-refractivity contribution in [3.8, 4) is 11.3 Å². The zero-order valence-electron chi connectivity index (χ0n) is 20.5. The molecule has 1 aliphatic rings. The van der Waals surface area contributed by atoms with Gasteiger partial charge in [-0.2, -0.15) is 13.2 Å². The lowest BCUT2D eigenvalue weighted by atomic mass is 10.0. The van der Waals surface area contributed by atoms with Gasteiger partial charge in [0.1, 0.15) is 21.9 Å². The first-order chi connectivity index (χ1) is 18.6. The van der Waals surface area contributed by atoms with Crippen LogP contribution in [0.15, 0.2) is 43.1 Å². The molecule has 1 fully saturated rings. The van der Waals surface area contributed by atoms with Crippen LogP contribution in [0.2, 0.25) is 0 Å². The molecule has 1 aliphatic heterocycles. The van der Waals surface area contributed by atoms with Gasteiger partial charge in [-0.3, -0.25) is 9.78 Å². The Morgan fingerprint density at radius 2 is 1.92 bits per heavy atom. The third-order valence-electron chi connectivity index (χ3n) is 6.66. The second-order valence-corrected chi connectivity index (χ2v) is 10.2. The molecule has 1 amide bonds. The van der Waals surface area contributed by atoms with E-state index in [0.717, 1.165) is 23.0 Å². The van der Waals surface area contributed by atoms with Crippen molar-refractivity contribution in [3.05, 3.63) is 59.1 Å². The van der Waals surface area contributed by atoms with Crippen LogP contribution in [0.25, 0.3) is 21.5 Å². The number of rotatable bonds is 7. The Morgan fingerprint density at radius 1 is 1.21 bits per heavy atom. The van der Waals surface area contributed by atoms with Gasteiger partial charge >= 0.3 is 6.18 Å². The lowest BCUT2D eigenvalue weighted by Crippen LogP contribution is -2.44. The number of aliphatic hydroxyl groups is 1. The van der Waals surface area contributed by atoms with E-state index in [4.69, 9.17) is 11.5 Å². The maximum Gasteiger partial charge on any atom is 0.417 e. The summed E-state index contributed by atoms with van der Waals surface area (Å²) in [5, 5.41) is 13.7. The number of primary amides is 1. The Kier molecular flexibility index (Phi) is 7.34. The van der Waals surface area contributed by atoms with Gasteiger partial charge in [0.15, 0.2) is 0 Å². The number of nitrogens with zero attached hydrogens (tertiary/aromatic N) is 5. The van der Waals surface area contributed by atoms with Crippen LogP contribution in [0.1, 0.15) is 39.7 Å². The minimum Gasteiger partial charge on any atom is -0.397 e. The second-order valence-electron chi connectivity index (χ2n) is 9.20. The third kappa shape index (κ3) is 5.62. The van der Waals surface area contributed by atoms with Crippen molar-refractivity contribution in [1.29, 1.82) is 0 Å². The summed E-state index contributed by atoms with van der Waals surface area (Å²) in [5.41, 5.74) is 12.0. The number of carbonyl (C=O) groups is 1. The number of aromatic nitrogens is 4. The summed E-state index contributed by atoms with van der Waals surface area (Å²) in [4.78, 5) is 30.0. The summed E-state index contributed by atoms with van der Waals surface area (Å²) in [6.45, 7) is 1.22. The molecule has 1 unspecified atom stereocenters. The fraction of sp³-hybridized carbons (Fsp3) is 0.320. The smallest absolute Gasteiger partial charge is 0.397 e. The number of hydrogen-bond donors (Lipinski definition) is 4. The summed E-state index contributed by atoms with van der Waals surface area (Å²) in [6.07, 6.45) is 2.18. The first-order valence-corrected chi connectivity index (χ1v) is 12.9. The summed E-state index contributed by atoms with van der Waals surface area (Å²) in [5.74, 6) is -0.725. The molecule has 0 spiro atoms. The number of piperidine rings is 1. The molecule has 0 aromatic carbocycles. The van der Waals surface area contributed by atoms with E-state index in [9.17, 15) is 23.1 Å². The van der Waals surface area contributed by atoms with Crippen molar-refractivity contribution in [1.82, 2.24) is 25.3 Å². The Bertz CT molecular complexity index is 1470. The number of pyridine rings is 2. The second kappa shape index (κ2) is 10.7. The minimum absolute atomic E-state index is 0.0221. The Morgan fingerprint density at radius 3 is 2.54 bits per heavy atom. The van der Waals surface area contributed by atoms with E-state index < -0.39 is 23.8 Å². The van der Waals surface area contributed by atoms with E-state index in [2.05, 4.69) is 25.3 Å². The maximum absolute atomic E-state index is 13.9. The number of fused-ring (bicyclic) bond motifs is 1. The topological polar surface area (TPSA) is 156 Å². The molecule has 39 heavy (non-hydrogen) atoms. The number of hydrogen-bond acceptors (Lipinski definition) is 10. The van der Waals surface area contributed by atoms with E-state index >= 15 is 0 Å². The summed E-state index contributed by atoms with van der Waals surface area (Å²) < 4.78 is 41.7. The van der Waals surface area contributed by atoms with Crippen molar-refractivity contribution in [2.75, 3.05) is 30.3 Å². The molecule has 6 N–H and O–H groups in total. The lowest BCUT2D eigenvalue weighted by Gasteiger charge is -2.34. The predicted molar refractivity (Wildman–Crippen MR) is 141 cm³/mol. The Labute approximate surface area is 224 Å². The highest BCUT2D eigenvalue weighted by Crippen LogP contribution is 2.43. The van der Waals surface area contributed by atoms with Gasteiger partial charge in [0, 0.05) is 60.8 Å². The molecule has 1 atom stereocenters. The van der Waals surface area contributed by atoms with Crippen LogP contribution in [-0.2, 0) is 6.18 Å². The number of aliphatic hydroxyl groups excluding tert-OH is 1. The van der Waals surface area contributed by atoms with Crippen LogP contribution in [0.4, 0.5) is 24.7 Å². The predicted octanol–water partition coefficient (Wildman–Crippen LogP) is 3.14. The van der Waals surface area contributed by atoms with Gasteiger partial charge in [0.25, 0.3) is 5.91 Å². The molecule has 4 aromatic heterocycles. The van der Waals surface area contributed by atoms with Crippen LogP contribution in [0.3, 0.4) is 0 Å². The molecule has 0 aliphatic carbocycles. The van der Waals surface area contributed by atoms with Crippen molar-refractivity contribution in [3.63, 3.8) is 0 Å². The van der Waals surface area contributed by atoms with Gasteiger partial charge in [-0.1, -0.05) is 6.07 Å². The zero-order valence-corrected chi connectivity index (χ0v) is 21.3. The van der Waals surface area contributed by atoms with Crippen LogP contribution in [0.5, 0.6) is 0 Å². The highest BCUT2D eigenvalue weighted by atomic mass is 32.1. The van der Waals surface area contributed by atoms with E-state index in [1.807, 2.05) is 0 Å². The fourth-order valence-electron chi connectivity index (χ4n) is 4.59. The quantitative estimate of drug-likeness (QED) is 0.268. The van der Waals surface area contributed by atoms with Crippen molar-refractivity contribution in [2.24, 2.45) is 5.73 Å². The van der Waals surface area contributed by atoms with Gasteiger partial charge in [0.2, 0.25) is 0 Å². The first kappa shape index (κ1) is 26.7. The van der Waals surface area contributed by atoms with Crippen LogP contribution in [-0.4, -0.2) is 56.6 Å². The number of anilines is 2. The lowest BCUT2D eigenvalue weighted by molar-refractivity contribution is -0.136. The first-order valence-electron chi connectivity index (χ1n) is 12.1. The molecule has 0 bridgehead atoms. The number of nitrogens with two attached hydrogens (primary N) is 2. The average molecular weight is 559 g/mol. The monoisotopic (exact) mass is 558 g/mol. The van der Waals surface area contributed by atoms with E-state index in [-0.39, 0.29) is 32.6 Å². The van der Waals surface area contributed by atoms with Crippen molar-refractivity contribution in [2.45, 2.75) is 31.2 Å². The van der Waals surface area contributed by atoms with Gasteiger partial charge in [-0.05, 0) is 25.0 Å². The highest BCUT2D eigenvalue weighted by molar-refractivity contribution is 7.21. The Hall–Kier alpha value is -3.88. The SMILES string of the molecule is NC(=O)c1sc2nc(N3CCC(NCC(O)c4ccc(-c5cncnc5)nc4)CC3)cc(C(F)(F)F)c2c1N. The van der Waals surface area contributed by atoms with Crippen LogP contribution < -0.4 is 21.7 Å². The van der Waals surface area contributed by atoms with Gasteiger partial charge in [0.05, 0.1) is 23.0 Å². The van der Waals surface area contributed by atoms with Gasteiger partial charge < -0.3 is 26.8 Å². The highest BCUT2D eigenvalue weighted by Gasteiger charge is 2.37. The van der Waals surface area contributed by atoms with Crippen LogP contribution >= 0.6 is 11.3 Å². The molecule has 10 nitrogen and oxygen atoms in total. The summed E-state index contributed by atoms with van der Waals surface area (Å²) >= 11 is 0.761. The number of alkyl halides is 3. The van der Waals surface area contributed by atoms with E-state index in [1.54, 1.807) is 35.6 Å². The molecule has 14 heteroatoms. The molecule has 204 valence electrons. The number of nitrogens with one attached hydrogen (secondary N) is 1. The molecule has 0 radical (unpaired) electrons. The molecule has 4 aromatic rings.